The van der Waals surface area contributed by atoms with Crippen molar-refractivity contribution in [3.05, 3.63) is 58.4 Å². The van der Waals surface area contributed by atoms with Crippen molar-refractivity contribution in [2.75, 3.05) is 0 Å². The summed E-state index contributed by atoms with van der Waals surface area (Å²) in [6, 6.07) is 10.5. The fourth-order valence-corrected chi connectivity index (χ4v) is 2.64. The van der Waals surface area contributed by atoms with Gasteiger partial charge < -0.3 is 0 Å². The topological polar surface area (TPSA) is 0 Å². The lowest BCUT2D eigenvalue weighted by Gasteiger charge is -2.17. The summed E-state index contributed by atoms with van der Waals surface area (Å²) in [6.45, 7) is 6.29. The zero-order chi connectivity index (χ0) is 13.3. The third-order valence-corrected chi connectivity index (χ3v) is 3.44. The second-order valence-electron chi connectivity index (χ2n) is 4.81. The van der Waals surface area contributed by atoms with E-state index in [0.717, 1.165) is 27.3 Å². The smallest absolute Gasteiger partial charge is 0.123 e. The highest BCUT2D eigenvalue weighted by Gasteiger charge is 2.14. The van der Waals surface area contributed by atoms with E-state index in [1.807, 2.05) is 12.1 Å². The van der Waals surface area contributed by atoms with Gasteiger partial charge in [0, 0.05) is 5.02 Å². The molecule has 0 aliphatic heterocycles. The van der Waals surface area contributed by atoms with Crippen LogP contribution >= 0.6 is 11.6 Å². The van der Waals surface area contributed by atoms with Crippen LogP contribution in [0.5, 0.6) is 0 Å². The molecular formula is C16H16ClF. The molecule has 0 nitrogen and oxygen atoms in total. The summed E-state index contributed by atoms with van der Waals surface area (Å²) in [5, 5.41) is 0.773. The third-order valence-electron chi connectivity index (χ3n) is 3.11. The molecule has 0 heterocycles. The van der Waals surface area contributed by atoms with Crippen molar-refractivity contribution in [1.29, 1.82) is 0 Å². The summed E-state index contributed by atoms with van der Waals surface area (Å²) in [5.41, 5.74) is 4.43. The molecule has 2 heteroatoms. The summed E-state index contributed by atoms with van der Waals surface area (Å²) in [7, 11) is 0. The lowest BCUT2D eigenvalue weighted by atomic mass is 9.89. The van der Waals surface area contributed by atoms with Crippen LogP contribution in [0.25, 0.3) is 11.1 Å². The normalized spacial score (nSPS) is 11.0. The van der Waals surface area contributed by atoms with Crippen molar-refractivity contribution < 1.29 is 4.39 Å². The standard InChI is InChI=1S/C16H16ClF/c1-10(2)15-14(17)9-4-11(3)16(15)12-5-7-13(18)8-6-12/h4-10H,1-3H3. The highest BCUT2D eigenvalue weighted by Crippen LogP contribution is 2.37. The number of benzene rings is 2. The highest BCUT2D eigenvalue weighted by molar-refractivity contribution is 6.32. The van der Waals surface area contributed by atoms with Gasteiger partial charge in [-0.25, -0.2) is 4.39 Å². The van der Waals surface area contributed by atoms with E-state index in [1.54, 1.807) is 12.1 Å². The Kier molecular flexibility index (Phi) is 3.72. The number of halogens is 2. The maximum absolute atomic E-state index is 13.0. The summed E-state index contributed by atoms with van der Waals surface area (Å²) in [4.78, 5) is 0. The first-order valence-corrected chi connectivity index (χ1v) is 6.43. The average Bonchev–Trinajstić information content (AvgIpc) is 2.32. The van der Waals surface area contributed by atoms with Gasteiger partial charge in [-0.05, 0) is 53.3 Å². The van der Waals surface area contributed by atoms with Gasteiger partial charge in [-0.2, -0.15) is 0 Å². The van der Waals surface area contributed by atoms with Gasteiger partial charge in [0.05, 0.1) is 0 Å². The van der Waals surface area contributed by atoms with E-state index in [2.05, 4.69) is 20.8 Å². The van der Waals surface area contributed by atoms with Crippen LogP contribution in [-0.4, -0.2) is 0 Å². The molecule has 0 aromatic heterocycles. The van der Waals surface area contributed by atoms with E-state index >= 15 is 0 Å². The van der Waals surface area contributed by atoms with Gasteiger partial charge in [0.25, 0.3) is 0 Å². The molecule has 0 unspecified atom stereocenters. The van der Waals surface area contributed by atoms with E-state index < -0.39 is 0 Å². The first-order chi connectivity index (χ1) is 8.50. The first-order valence-electron chi connectivity index (χ1n) is 6.05. The number of hydrogen-bond acceptors (Lipinski definition) is 0. The summed E-state index contributed by atoms with van der Waals surface area (Å²) >= 11 is 6.30. The van der Waals surface area contributed by atoms with Gasteiger partial charge in [0.1, 0.15) is 5.82 Å². The van der Waals surface area contributed by atoms with Crippen LogP contribution in [0, 0.1) is 12.7 Å². The molecule has 0 radical (unpaired) electrons. The van der Waals surface area contributed by atoms with Crippen LogP contribution in [0.15, 0.2) is 36.4 Å². The number of aryl methyl sites for hydroxylation is 1. The van der Waals surface area contributed by atoms with Gasteiger partial charge in [-0.3, -0.25) is 0 Å². The van der Waals surface area contributed by atoms with E-state index in [-0.39, 0.29) is 5.82 Å². The van der Waals surface area contributed by atoms with E-state index in [9.17, 15) is 4.39 Å². The van der Waals surface area contributed by atoms with E-state index in [0.29, 0.717) is 5.92 Å². The molecule has 0 amide bonds. The molecule has 18 heavy (non-hydrogen) atoms. The van der Waals surface area contributed by atoms with Crippen molar-refractivity contribution in [3.8, 4) is 11.1 Å². The van der Waals surface area contributed by atoms with Gasteiger partial charge in [-0.15, -0.1) is 0 Å². The Morgan fingerprint density at radius 1 is 1.00 bits per heavy atom. The molecule has 0 N–H and O–H groups in total. The second-order valence-corrected chi connectivity index (χ2v) is 5.22. The van der Waals surface area contributed by atoms with Crippen LogP contribution in [0.1, 0.15) is 30.9 Å². The Hall–Kier alpha value is -1.34. The largest absolute Gasteiger partial charge is 0.207 e. The Bertz CT molecular complexity index is 556. The summed E-state index contributed by atoms with van der Waals surface area (Å²) < 4.78 is 13.0. The minimum atomic E-state index is -0.218. The second kappa shape index (κ2) is 5.11. The molecule has 0 saturated carbocycles. The summed E-state index contributed by atoms with van der Waals surface area (Å²) in [5.74, 6) is 0.113. The molecule has 0 fully saturated rings. The van der Waals surface area contributed by atoms with Crippen molar-refractivity contribution in [3.63, 3.8) is 0 Å². The minimum absolute atomic E-state index is 0.218. The fourth-order valence-electron chi connectivity index (χ4n) is 2.27. The van der Waals surface area contributed by atoms with Gasteiger partial charge in [0.15, 0.2) is 0 Å². The Morgan fingerprint density at radius 2 is 1.61 bits per heavy atom. The van der Waals surface area contributed by atoms with Crippen molar-refractivity contribution in [2.24, 2.45) is 0 Å². The Balaban J connectivity index is 2.69. The minimum Gasteiger partial charge on any atom is -0.207 e. The van der Waals surface area contributed by atoms with Crippen LogP contribution in [-0.2, 0) is 0 Å². The zero-order valence-corrected chi connectivity index (χ0v) is 11.6. The summed E-state index contributed by atoms with van der Waals surface area (Å²) in [6.07, 6.45) is 0. The molecule has 2 aromatic carbocycles. The molecule has 2 aromatic rings. The average molecular weight is 263 g/mol. The van der Waals surface area contributed by atoms with Crippen molar-refractivity contribution in [1.82, 2.24) is 0 Å². The molecule has 0 bridgehead atoms. The molecule has 0 atom stereocenters. The lowest BCUT2D eigenvalue weighted by molar-refractivity contribution is 0.628. The molecular weight excluding hydrogens is 247 g/mol. The molecule has 0 aliphatic rings. The Morgan fingerprint density at radius 3 is 2.17 bits per heavy atom. The first kappa shape index (κ1) is 13.1. The van der Waals surface area contributed by atoms with Crippen molar-refractivity contribution >= 4 is 11.6 Å². The van der Waals surface area contributed by atoms with E-state index in [1.165, 1.54) is 12.1 Å². The maximum atomic E-state index is 13.0. The van der Waals surface area contributed by atoms with Crippen LogP contribution in [0.3, 0.4) is 0 Å². The predicted octanol–water partition coefficient (Wildman–Crippen LogP) is 5.58. The SMILES string of the molecule is Cc1ccc(Cl)c(C(C)C)c1-c1ccc(F)cc1. The van der Waals surface area contributed by atoms with Crippen LogP contribution in [0.4, 0.5) is 4.39 Å². The van der Waals surface area contributed by atoms with Gasteiger partial charge in [-0.1, -0.05) is 43.6 Å². The van der Waals surface area contributed by atoms with Gasteiger partial charge in [0.2, 0.25) is 0 Å². The third kappa shape index (κ3) is 2.41. The highest BCUT2D eigenvalue weighted by atomic mass is 35.5. The zero-order valence-electron chi connectivity index (χ0n) is 10.8. The predicted molar refractivity (Wildman–Crippen MR) is 75.7 cm³/mol. The Labute approximate surface area is 112 Å². The molecule has 0 spiro atoms. The quantitative estimate of drug-likeness (QED) is 0.663. The molecule has 0 aliphatic carbocycles. The fraction of sp³-hybridized carbons (Fsp3) is 0.250. The monoisotopic (exact) mass is 262 g/mol. The number of rotatable bonds is 2. The maximum Gasteiger partial charge on any atom is 0.123 e. The van der Waals surface area contributed by atoms with E-state index in [4.69, 9.17) is 11.6 Å². The molecule has 0 saturated heterocycles. The van der Waals surface area contributed by atoms with Crippen LogP contribution < -0.4 is 0 Å². The van der Waals surface area contributed by atoms with Crippen molar-refractivity contribution in [2.45, 2.75) is 26.7 Å². The lowest BCUT2D eigenvalue weighted by Crippen LogP contribution is -1.97. The molecule has 2 rings (SSSR count). The van der Waals surface area contributed by atoms with Gasteiger partial charge >= 0.3 is 0 Å². The number of hydrogen-bond donors (Lipinski definition) is 0. The van der Waals surface area contributed by atoms with Crippen LogP contribution in [0.2, 0.25) is 5.02 Å². The molecule has 94 valence electrons.